The number of rotatable bonds is 1. The summed E-state index contributed by atoms with van der Waals surface area (Å²) in [6.45, 7) is 6.79. The molecule has 1 fully saturated rings. The van der Waals surface area contributed by atoms with Crippen LogP contribution < -0.4 is 10.2 Å². The monoisotopic (exact) mass is 233 g/mol. The van der Waals surface area contributed by atoms with Gasteiger partial charge in [0.1, 0.15) is 11.9 Å². The lowest BCUT2D eigenvalue weighted by Gasteiger charge is -2.44. The average molecular weight is 233 g/mol. The molecule has 1 aromatic rings. The molecule has 0 spiro atoms. The van der Waals surface area contributed by atoms with Crippen LogP contribution in [0.1, 0.15) is 19.4 Å². The number of halogens is 1. The smallest absolute Gasteiger partial charge is 0.124 e. The fourth-order valence-corrected chi connectivity index (χ4v) is 2.26. The highest BCUT2D eigenvalue weighted by Crippen LogP contribution is 2.28. The highest BCUT2D eigenvalue weighted by Gasteiger charge is 2.31. The Kier molecular flexibility index (Phi) is 3.03. The van der Waals surface area contributed by atoms with Gasteiger partial charge in [0.05, 0.1) is 11.3 Å². The fourth-order valence-electron chi connectivity index (χ4n) is 2.26. The van der Waals surface area contributed by atoms with Gasteiger partial charge in [-0.15, -0.1) is 0 Å². The predicted molar refractivity (Wildman–Crippen MR) is 65.4 cm³/mol. The first kappa shape index (κ1) is 11.9. The molecule has 1 N–H and O–H groups in total. The van der Waals surface area contributed by atoms with E-state index in [-0.39, 0.29) is 11.4 Å². The Balaban J connectivity index is 2.42. The van der Waals surface area contributed by atoms with Crippen molar-refractivity contribution >= 4 is 5.69 Å². The third-order valence-electron chi connectivity index (χ3n) is 3.17. The van der Waals surface area contributed by atoms with Crippen LogP contribution in [-0.4, -0.2) is 25.2 Å². The van der Waals surface area contributed by atoms with E-state index < -0.39 is 0 Å². The zero-order valence-electron chi connectivity index (χ0n) is 10.1. The van der Waals surface area contributed by atoms with E-state index in [0.717, 1.165) is 25.3 Å². The summed E-state index contributed by atoms with van der Waals surface area (Å²) in [4.78, 5) is 2.17. The zero-order valence-corrected chi connectivity index (χ0v) is 10.1. The van der Waals surface area contributed by atoms with Gasteiger partial charge in [0, 0.05) is 25.2 Å². The molecule has 4 heteroatoms. The maximum absolute atomic E-state index is 13.1. The molecule has 0 saturated carbocycles. The number of nitrogens with one attached hydrogen (secondary N) is 1. The second-order valence-electron chi connectivity index (χ2n) is 4.91. The molecule has 2 rings (SSSR count). The number of anilines is 1. The van der Waals surface area contributed by atoms with Gasteiger partial charge >= 0.3 is 0 Å². The maximum atomic E-state index is 13.1. The van der Waals surface area contributed by atoms with Crippen LogP contribution in [0.15, 0.2) is 18.2 Å². The average Bonchev–Trinajstić information content (AvgIpc) is 2.29. The molecule has 0 bridgehead atoms. The minimum atomic E-state index is -0.363. The van der Waals surface area contributed by atoms with E-state index in [4.69, 9.17) is 5.26 Å². The van der Waals surface area contributed by atoms with Crippen LogP contribution >= 0.6 is 0 Å². The molecular formula is C13H16FN3. The van der Waals surface area contributed by atoms with Gasteiger partial charge in [-0.05, 0) is 32.0 Å². The minimum Gasteiger partial charge on any atom is -0.363 e. The van der Waals surface area contributed by atoms with E-state index in [9.17, 15) is 4.39 Å². The maximum Gasteiger partial charge on any atom is 0.124 e. The number of benzene rings is 1. The zero-order chi connectivity index (χ0) is 12.5. The molecule has 0 amide bonds. The Labute approximate surface area is 101 Å². The van der Waals surface area contributed by atoms with Crippen LogP contribution in [0, 0.1) is 17.1 Å². The summed E-state index contributed by atoms with van der Waals surface area (Å²) in [5, 5.41) is 12.4. The molecule has 0 radical (unpaired) electrons. The second kappa shape index (κ2) is 4.34. The summed E-state index contributed by atoms with van der Waals surface area (Å²) >= 11 is 0. The third kappa shape index (κ3) is 2.25. The largest absolute Gasteiger partial charge is 0.363 e. The van der Waals surface area contributed by atoms with Crippen molar-refractivity contribution in [1.82, 2.24) is 5.32 Å². The molecule has 0 unspecified atom stereocenters. The summed E-state index contributed by atoms with van der Waals surface area (Å²) in [6, 6.07) is 6.47. The van der Waals surface area contributed by atoms with Crippen molar-refractivity contribution < 1.29 is 4.39 Å². The van der Waals surface area contributed by atoms with Crippen LogP contribution in [-0.2, 0) is 0 Å². The molecule has 1 aliphatic rings. The van der Waals surface area contributed by atoms with Crippen molar-refractivity contribution in [3.63, 3.8) is 0 Å². The minimum absolute atomic E-state index is 0.0678. The lowest BCUT2D eigenvalue weighted by molar-refractivity contribution is 0.380. The van der Waals surface area contributed by atoms with Crippen molar-refractivity contribution in [2.24, 2.45) is 0 Å². The molecular weight excluding hydrogens is 217 g/mol. The molecule has 1 saturated heterocycles. The van der Waals surface area contributed by atoms with Crippen LogP contribution in [0.25, 0.3) is 0 Å². The lowest BCUT2D eigenvalue weighted by atomic mass is 9.98. The van der Waals surface area contributed by atoms with Gasteiger partial charge in [0.2, 0.25) is 0 Å². The molecule has 17 heavy (non-hydrogen) atoms. The Bertz CT molecular complexity index is 462. The van der Waals surface area contributed by atoms with Gasteiger partial charge in [-0.1, -0.05) is 0 Å². The van der Waals surface area contributed by atoms with Gasteiger partial charge in [0.25, 0.3) is 0 Å². The van der Waals surface area contributed by atoms with Crippen molar-refractivity contribution in [3.05, 3.63) is 29.6 Å². The Hall–Kier alpha value is -1.60. The first-order valence-electron chi connectivity index (χ1n) is 5.72. The summed E-state index contributed by atoms with van der Waals surface area (Å²) in [5.41, 5.74) is 1.15. The van der Waals surface area contributed by atoms with Gasteiger partial charge < -0.3 is 10.2 Å². The summed E-state index contributed by atoms with van der Waals surface area (Å²) in [5.74, 6) is -0.363. The normalized spacial score (nSPS) is 18.8. The summed E-state index contributed by atoms with van der Waals surface area (Å²) in [7, 11) is 0. The molecule has 0 aromatic heterocycles. The molecule has 90 valence electrons. The summed E-state index contributed by atoms with van der Waals surface area (Å²) in [6.07, 6.45) is 0. The van der Waals surface area contributed by atoms with E-state index >= 15 is 0 Å². The van der Waals surface area contributed by atoms with Crippen molar-refractivity contribution in [2.45, 2.75) is 19.4 Å². The number of piperazine rings is 1. The van der Waals surface area contributed by atoms with Crippen LogP contribution in [0.4, 0.5) is 10.1 Å². The van der Waals surface area contributed by atoms with Crippen LogP contribution in [0.2, 0.25) is 0 Å². The van der Waals surface area contributed by atoms with Crippen LogP contribution in [0.3, 0.4) is 0 Å². The molecule has 3 nitrogen and oxygen atoms in total. The van der Waals surface area contributed by atoms with Crippen molar-refractivity contribution in [2.75, 3.05) is 24.5 Å². The molecule has 0 atom stereocenters. The van der Waals surface area contributed by atoms with Gasteiger partial charge in [0.15, 0.2) is 0 Å². The lowest BCUT2D eigenvalue weighted by Crippen LogP contribution is -2.58. The van der Waals surface area contributed by atoms with Crippen LogP contribution in [0.5, 0.6) is 0 Å². The quantitative estimate of drug-likeness (QED) is 0.805. The van der Waals surface area contributed by atoms with Crippen molar-refractivity contribution in [3.8, 4) is 6.07 Å². The Morgan fingerprint density at radius 1 is 1.47 bits per heavy atom. The Morgan fingerprint density at radius 2 is 2.24 bits per heavy atom. The van der Waals surface area contributed by atoms with E-state index in [2.05, 4.69) is 30.1 Å². The highest BCUT2D eigenvalue weighted by atomic mass is 19.1. The SMILES string of the molecule is CC1(C)CNCCN1c1ccc(F)cc1C#N. The van der Waals surface area contributed by atoms with Gasteiger partial charge in [-0.2, -0.15) is 5.26 Å². The number of hydrogen-bond donors (Lipinski definition) is 1. The van der Waals surface area contributed by atoms with Gasteiger partial charge in [-0.25, -0.2) is 4.39 Å². The highest BCUT2D eigenvalue weighted by molar-refractivity contribution is 5.61. The summed E-state index contributed by atoms with van der Waals surface area (Å²) < 4.78 is 13.1. The van der Waals surface area contributed by atoms with E-state index in [1.54, 1.807) is 6.07 Å². The second-order valence-corrected chi connectivity index (χ2v) is 4.91. The number of hydrogen-bond acceptors (Lipinski definition) is 3. The van der Waals surface area contributed by atoms with E-state index in [0.29, 0.717) is 5.56 Å². The standard InChI is InChI=1S/C13H16FN3/c1-13(2)9-16-5-6-17(13)12-4-3-11(14)7-10(12)8-15/h3-4,7,16H,5-6,9H2,1-2H3. The van der Waals surface area contributed by atoms with E-state index in [1.165, 1.54) is 12.1 Å². The number of nitrogens with zero attached hydrogens (tertiary/aromatic N) is 2. The molecule has 1 heterocycles. The Morgan fingerprint density at radius 3 is 2.88 bits per heavy atom. The topological polar surface area (TPSA) is 39.1 Å². The first-order valence-corrected chi connectivity index (χ1v) is 5.72. The third-order valence-corrected chi connectivity index (χ3v) is 3.17. The fraction of sp³-hybridized carbons (Fsp3) is 0.462. The predicted octanol–water partition coefficient (Wildman–Crippen LogP) is 1.89. The first-order chi connectivity index (χ1) is 8.04. The van der Waals surface area contributed by atoms with Gasteiger partial charge in [-0.3, -0.25) is 0 Å². The molecule has 1 aliphatic heterocycles. The van der Waals surface area contributed by atoms with Crippen molar-refractivity contribution in [1.29, 1.82) is 5.26 Å². The van der Waals surface area contributed by atoms with E-state index in [1.807, 2.05) is 0 Å². The number of nitriles is 1. The molecule has 1 aromatic carbocycles. The molecule has 0 aliphatic carbocycles.